The lowest BCUT2D eigenvalue weighted by Crippen LogP contribution is -2.30. The van der Waals surface area contributed by atoms with Gasteiger partial charge in [-0.1, -0.05) is 23.7 Å². The van der Waals surface area contributed by atoms with Gasteiger partial charge in [-0.15, -0.1) is 0 Å². The molecule has 28 heavy (non-hydrogen) atoms. The van der Waals surface area contributed by atoms with Gasteiger partial charge in [-0.2, -0.15) is 0 Å². The van der Waals surface area contributed by atoms with Crippen LogP contribution in [-0.4, -0.2) is 38.8 Å². The Morgan fingerprint density at radius 1 is 1.00 bits per heavy atom. The molecule has 0 radical (unpaired) electrons. The van der Waals surface area contributed by atoms with E-state index in [0.29, 0.717) is 35.4 Å². The van der Waals surface area contributed by atoms with Gasteiger partial charge in [-0.25, -0.2) is 0 Å². The summed E-state index contributed by atoms with van der Waals surface area (Å²) in [5, 5.41) is 6.53. The van der Waals surface area contributed by atoms with Crippen LogP contribution in [0, 0.1) is 0 Å². The molecular weight excluding hydrogens is 378 g/mol. The van der Waals surface area contributed by atoms with E-state index in [-0.39, 0.29) is 12.5 Å². The molecule has 2 heterocycles. The van der Waals surface area contributed by atoms with Gasteiger partial charge in [0.15, 0.2) is 11.5 Å². The Bertz CT molecular complexity index is 853. The first kappa shape index (κ1) is 18.7. The number of nitrogens with one attached hydrogen (secondary N) is 2. The number of halogens is 1. The number of benzene rings is 2. The summed E-state index contributed by atoms with van der Waals surface area (Å²) in [4.78, 5) is 14.9. The lowest BCUT2D eigenvalue weighted by Gasteiger charge is -2.30. The van der Waals surface area contributed by atoms with Crippen molar-refractivity contribution in [3.8, 4) is 11.5 Å². The van der Waals surface area contributed by atoms with Crippen molar-refractivity contribution in [1.82, 2.24) is 0 Å². The Morgan fingerprint density at radius 2 is 1.71 bits per heavy atom. The molecule has 4 rings (SSSR count). The number of rotatable bonds is 5. The summed E-state index contributed by atoms with van der Waals surface area (Å²) in [6.07, 6.45) is 3.69. The molecule has 1 saturated heterocycles. The molecule has 0 bridgehead atoms. The van der Waals surface area contributed by atoms with Gasteiger partial charge in [0.05, 0.1) is 28.6 Å². The first-order valence-electron chi connectivity index (χ1n) is 9.67. The molecule has 2 aliphatic rings. The van der Waals surface area contributed by atoms with Gasteiger partial charge < -0.3 is 25.0 Å². The molecule has 7 heteroatoms. The highest BCUT2D eigenvalue weighted by molar-refractivity contribution is 6.34. The molecule has 2 aromatic carbocycles. The summed E-state index contributed by atoms with van der Waals surface area (Å²) in [5.41, 5.74) is 2.63. The van der Waals surface area contributed by atoms with Crippen LogP contribution in [0.25, 0.3) is 0 Å². The Kier molecular flexibility index (Phi) is 5.76. The van der Waals surface area contributed by atoms with Crippen molar-refractivity contribution in [2.75, 3.05) is 48.4 Å². The van der Waals surface area contributed by atoms with Crippen molar-refractivity contribution in [3.05, 3.63) is 41.4 Å². The Balaban J connectivity index is 1.40. The molecule has 148 valence electrons. The highest BCUT2D eigenvalue weighted by Gasteiger charge is 2.17. The normalized spacial score (nSPS) is 15.8. The van der Waals surface area contributed by atoms with E-state index < -0.39 is 0 Å². The average molecular weight is 402 g/mol. The van der Waals surface area contributed by atoms with E-state index in [0.717, 1.165) is 24.5 Å². The van der Waals surface area contributed by atoms with Crippen molar-refractivity contribution in [3.63, 3.8) is 0 Å². The van der Waals surface area contributed by atoms with Crippen LogP contribution in [0.2, 0.25) is 5.02 Å². The van der Waals surface area contributed by atoms with Gasteiger partial charge >= 0.3 is 0 Å². The summed E-state index contributed by atoms with van der Waals surface area (Å²) in [6.45, 7) is 3.23. The Labute approximate surface area is 169 Å². The highest BCUT2D eigenvalue weighted by atomic mass is 35.5. The van der Waals surface area contributed by atoms with Crippen molar-refractivity contribution in [1.29, 1.82) is 0 Å². The van der Waals surface area contributed by atoms with Gasteiger partial charge in [0, 0.05) is 25.2 Å². The second-order valence-corrected chi connectivity index (χ2v) is 7.35. The first-order chi connectivity index (χ1) is 13.7. The molecule has 2 aliphatic heterocycles. The van der Waals surface area contributed by atoms with Crippen molar-refractivity contribution < 1.29 is 14.3 Å². The van der Waals surface area contributed by atoms with E-state index in [9.17, 15) is 4.79 Å². The van der Waals surface area contributed by atoms with Gasteiger partial charge in [0.25, 0.3) is 0 Å². The zero-order valence-corrected chi connectivity index (χ0v) is 16.4. The van der Waals surface area contributed by atoms with Crippen LogP contribution < -0.4 is 25.0 Å². The molecule has 0 aromatic heterocycles. The molecule has 2 aromatic rings. The topological polar surface area (TPSA) is 62.8 Å². The molecule has 6 nitrogen and oxygen atoms in total. The van der Waals surface area contributed by atoms with E-state index in [1.165, 1.54) is 19.3 Å². The smallest absolute Gasteiger partial charge is 0.243 e. The molecule has 0 atom stereocenters. The zero-order chi connectivity index (χ0) is 19.3. The predicted octanol–water partition coefficient (Wildman–Crippen LogP) is 4.15. The van der Waals surface area contributed by atoms with Crippen LogP contribution in [0.15, 0.2) is 36.4 Å². The number of nitrogens with zero attached hydrogens (tertiary/aromatic N) is 1. The largest absolute Gasteiger partial charge is 0.486 e. The summed E-state index contributed by atoms with van der Waals surface area (Å²) < 4.78 is 11.1. The monoisotopic (exact) mass is 401 g/mol. The molecule has 0 unspecified atom stereocenters. The number of hydrogen-bond donors (Lipinski definition) is 2. The second kappa shape index (κ2) is 8.61. The minimum absolute atomic E-state index is 0.148. The minimum atomic E-state index is -0.174. The van der Waals surface area contributed by atoms with Crippen LogP contribution in [0.4, 0.5) is 17.1 Å². The first-order valence-corrected chi connectivity index (χ1v) is 10.1. The molecule has 1 amide bonds. The minimum Gasteiger partial charge on any atom is -0.486 e. The number of hydrogen-bond acceptors (Lipinski definition) is 5. The van der Waals surface area contributed by atoms with Gasteiger partial charge in [0.1, 0.15) is 13.2 Å². The lowest BCUT2D eigenvalue weighted by molar-refractivity contribution is -0.114. The Morgan fingerprint density at radius 3 is 2.50 bits per heavy atom. The van der Waals surface area contributed by atoms with Gasteiger partial charge in [0.2, 0.25) is 5.91 Å². The summed E-state index contributed by atoms with van der Waals surface area (Å²) in [6, 6.07) is 11.5. The lowest BCUT2D eigenvalue weighted by atomic mass is 10.1. The van der Waals surface area contributed by atoms with Crippen molar-refractivity contribution in [2.45, 2.75) is 19.3 Å². The van der Waals surface area contributed by atoms with E-state index in [1.54, 1.807) is 12.1 Å². The third kappa shape index (κ3) is 4.28. The average Bonchev–Trinajstić information content (AvgIpc) is 2.74. The maximum atomic E-state index is 12.5. The van der Waals surface area contributed by atoms with Crippen LogP contribution in [0.5, 0.6) is 11.5 Å². The molecule has 2 N–H and O–H groups in total. The van der Waals surface area contributed by atoms with Crippen LogP contribution in [0.3, 0.4) is 0 Å². The number of para-hydroxylation sites is 2. The van der Waals surface area contributed by atoms with Crippen molar-refractivity contribution >= 4 is 34.6 Å². The molecular formula is C21H24ClN3O3. The molecule has 0 spiro atoms. The second-order valence-electron chi connectivity index (χ2n) is 6.94. The SMILES string of the molecule is O=C(CNc1ccccc1N1CCCCC1)Nc1cc2c(cc1Cl)OCCO2. The summed E-state index contributed by atoms with van der Waals surface area (Å²) in [5.74, 6) is 1.02. The number of anilines is 3. The predicted molar refractivity (Wildman–Crippen MR) is 112 cm³/mol. The standard InChI is InChI=1S/C21H24ClN3O3/c22-15-12-19-20(28-11-10-27-19)13-17(15)24-21(26)14-23-16-6-2-3-7-18(16)25-8-4-1-5-9-25/h2-3,6-7,12-13,23H,1,4-5,8-11,14H2,(H,24,26). The van der Waals surface area contributed by atoms with Crippen molar-refractivity contribution in [2.24, 2.45) is 0 Å². The van der Waals surface area contributed by atoms with Gasteiger partial charge in [-0.3, -0.25) is 4.79 Å². The molecule has 1 fully saturated rings. The number of carbonyl (C=O) groups is 1. The summed E-state index contributed by atoms with van der Waals surface area (Å²) in [7, 11) is 0. The van der Waals surface area contributed by atoms with E-state index in [4.69, 9.17) is 21.1 Å². The van der Waals surface area contributed by atoms with E-state index in [1.807, 2.05) is 18.2 Å². The summed E-state index contributed by atoms with van der Waals surface area (Å²) >= 11 is 6.27. The van der Waals surface area contributed by atoms with Gasteiger partial charge in [-0.05, 0) is 31.4 Å². The Hall–Kier alpha value is -2.60. The third-order valence-corrected chi connectivity index (χ3v) is 5.26. The van der Waals surface area contributed by atoms with Crippen LogP contribution in [-0.2, 0) is 4.79 Å². The fourth-order valence-electron chi connectivity index (χ4n) is 3.56. The maximum Gasteiger partial charge on any atom is 0.243 e. The van der Waals surface area contributed by atoms with E-state index in [2.05, 4.69) is 21.6 Å². The number of fused-ring (bicyclic) bond motifs is 1. The zero-order valence-electron chi connectivity index (χ0n) is 15.7. The highest BCUT2D eigenvalue weighted by Crippen LogP contribution is 2.38. The molecule has 0 aliphatic carbocycles. The quantitative estimate of drug-likeness (QED) is 0.787. The number of piperidine rings is 1. The number of carbonyl (C=O) groups excluding carboxylic acids is 1. The molecule has 0 saturated carbocycles. The van der Waals surface area contributed by atoms with Crippen LogP contribution in [0.1, 0.15) is 19.3 Å². The maximum absolute atomic E-state index is 12.5. The fraction of sp³-hybridized carbons (Fsp3) is 0.381. The fourth-order valence-corrected chi connectivity index (χ4v) is 3.76. The van der Waals surface area contributed by atoms with E-state index >= 15 is 0 Å². The number of amides is 1. The number of ether oxygens (including phenoxy) is 2. The van der Waals surface area contributed by atoms with Crippen LogP contribution >= 0.6 is 11.6 Å². The third-order valence-electron chi connectivity index (χ3n) is 4.95.